The van der Waals surface area contributed by atoms with Gasteiger partial charge >= 0.3 is 0 Å². The molecule has 0 bridgehead atoms. The first-order valence-corrected chi connectivity index (χ1v) is 10.8. The van der Waals surface area contributed by atoms with Gasteiger partial charge < -0.3 is 14.6 Å². The van der Waals surface area contributed by atoms with Crippen LogP contribution in [0.15, 0.2) is 33.1 Å². The molecule has 0 amide bonds. The van der Waals surface area contributed by atoms with E-state index in [9.17, 15) is 0 Å². The highest BCUT2D eigenvalue weighted by Crippen LogP contribution is 2.29. The van der Waals surface area contributed by atoms with Crippen LogP contribution in [0.25, 0.3) is 11.4 Å². The van der Waals surface area contributed by atoms with Crippen LogP contribution in [0, 0.1) is 0 Å². The number of aromatic nitrogens is 4. The molecule has 7 nitrogen and oxygen atoms in total. The van der Waals surface area contributed by atoms with Crippen molar-refractivity contribution < 1.29 is 9.26 Å². The highest BCUT2D eigenvalue weighted by molar-refractivity contribution is 8.00. The van der Waals surface area contributed by atoms with Gasteiger partial charge in [-0.05, 0) is 24.8 Å². The number of aryl methyl sites for hydroxylation is 1. The molecule has 0 spiro atoms. The minimum atomic E-state index is 0.285. The Hall–Kier alpha value is -1.97. The Kier molecular flexibility index (Phi) is 6.00. The predicted octanol–water partition coefficient (Wildman–Crippen LogP) is 4.03. The zero-order valence-corrected chi connectivity index (χ0v) is 16.7. The van der Waals surface area contributed by atoms with Gasteiger partial charge in [-0.25, -0.2) is 0 Å². The predicted molar refractivity (Wildman–Crippen MR) is 106 cm³/mol. The molecule has 1 saturated heterocycles. The Labute approximate surface area is 165 Å². The number of hydrogen-bond acceptors (Lipinski definition) is 9. The van der Waals surface area contributed by atoms with Crippen LogP contribution >= 0.6 is 23.1 Å². The van der Waals surface area contributed by atoms with Crippen LogP contribution in [0.3, 0.4) is 0 Å². The Morgan fingerprint density at radius 2 is 2.15 bits per heavy atom. The molecular formula is C18H21N5O2S2. The third-order valence-corrected chi connectivity index (χ3v) is 6.32. The topological polar surface area (TPSA) is 86.0 Å². The van der Waals surface area contributed by atoms with E-state index in [0.29, 0.717) is 17.5 Å². The molecular weight excluding hydrogens is 382 g/mol. The van der Waals surface area contributed by atoms with Gasteiger partial charge in [-0.2, -0.15) is 4.98 Å². The van der Waals surface area contributed by atoms with Crippen molar-refractivity contribution in [3.63, 3.8) is 0 Å². The van der Waals surface area contributed by atoms with Gasteiger partial charge in [-0.3, -0.25) is 0 Å². The van der Waals surface area contributed by atoms with Crippen molar-refractivity contribution in [2.24, 2.45) is 0 Å². The lowest BCUT2D eigenvalue weighted by atomic mass is 10.1. The lowest BCUT2D eigenvalue weighted by Crippen LogP contribution is -2.18. The van der Waals surface area contributed by atoms with E-state index >= 15 is 0 Å². The van der Waals surface area contributed by atoms with Crippen molar-refractivity contribution >= 4 is 28.2 Å². The maximum atomic E-state index is 5.60. The molecule has 1 atom stereocenters. The zero-order chi connectivity index (χ0) is 18.5. The van der Waals surface area contributed by atoms with Crippen molar-refractivity contribution in [3.05, 3.63) is 35.7 Å². The molecule has 1 aromatic carbocycles. The molecule has 1 aliphatic heterocycles. The van der Waals surface area contributed by atoms with Gasteiger partial charge in [0.1, 0.15) is 0 Å². The van der Waals surface area contributed by atoms with Crippen molar-refractivity contribution in [1.82, 2.24) is 20.3 Å². The van der Waals surface area contributed by atoms with Crippen LogP contribution in [-0.4, -0.2) is 39.6 Å². The smallest absolute Gasteiger partial charge is 0.237 e. The van der Waals surface area contributed by atoms with E-state index in [2.05, 4.69) is 44.7 Å². The first kappa shape index (κ1) is 18.4. The number of ether oxygens (including phenoxy) is 1. The van der Waals surface area contributed by atoms with Crippen molar-refractivity contribution in [1.29, 1.82) is 0 Å². The van der Waals surface area contributed by atoms with E-state index in [1.807, 2.05) is 12.1 Å². The fourth-order valence-electron chi connectivity index (χ4n) is 2.79. The summed E-state index contributed by atoms with van der Waals surface area (Å²) in [4.78, 5) is 4.47. The third kappa shape index (κ3) is 4.85. The molecule has 1 fully saturated rings. The van der Waals surface area contributed by atoms with E-state index in [1.54, 1.807) is 11.8 Å². The fraction of sp³-hybridized carbons (Fsp3) is 0.444. The summed E-state index contributed by atoms with van der Waals surface area (Å²) in [5.74, 6) is 1.77. The summed E-state index contributed by atoms with van der Waals surface area (Å²) >= 11 is 3.07. The summed E-state index contributed by atoms with van der Waals surface area (Å²) in [6, 6.07) is 8.23. The number of nitrogens with zero attached hydrogens (tertiary/aromatic N) is 4. The summed E-state index contributed by atoms with van der Waals surface area (Å²) in [7, 11) is 0. The second-order valence-electron chi connectivity index (χ2n) is 6.24. The SMILES string of the molecule is CCc1ccc(-c2noc(CSc3nnc(NC[C@@H]4CCCO4)s3)n2)cc1. The summed E-state index contributed by atoms with van der Waals surface area (Å²) < 4.78 is 11.8. The molecule has 1 aliphatic rings. The lowest BCUT2D eigenvalue weighted by Gasteiger charge is -2.08. The Balaban J connectivity index is 1.29. The molecule has 0 unspecified atom stereocenters. The Morgan fingerprint density at radius 1 is 1.26 bits per heavy atom. The average Bonchev–Trinajstić information content (AvgIpc) is 3.47. The van der Waals surface area contributed by atoms with Gasteiger partial charge in [0, 0.05) is 18.7 Å². The van der Waals surface area contributed by atoms with E-state index in [0.717, 1.165) is 47.4 Å². The molecule has 3 aromatic rings. The Morgan fingerprint density at radius 3 is 2.93 bits per heavy atom. The first-order chi connectivity index (χ1) is 13.3. The van der Waals surface area contributed by atoms with Crippen LogP contribution in [-0.2, 0) is 16.9 Å². The first-order valence-electron chi connectivity index (χ1n) is 9.04. The summed E-state index contributed by atoms with van der Waals surface area (Å²) in [6.07, 6.45) is 3.54. The highest BCUT2D eigenvalue weighted by Gasteiger charge is 2.16. The number of rotatable bonds is 8. The molecule has 142 valence electrons. The fourth-order valence-corrected chi connectivity index (χ4v) is 4.39. The van der Waals surface area contributed by atoms with Gasteiger partial charge in [0.25, 0.3) is 0 Å². The number of hydrogen-bond donors (Lipinski definition) is 1. The standard InChI is InChI=1S/C18H21N5O2S2/c1-2-12-5-7-13(8-6-12)16-20-15(25-23-16)11-26-18-22-21-17(27-18)19-10-14-4-3-9-24-14/h5-8,14H,2-4,9-11H2,1H3,(H,19,21)/t14-/m0/s1. The van der Waals surface area contributed by atoms with Gasteiger partial charge in [0.15, 0.2) is 4.34 Å². The summed E-state index contributed by atoms with van der Waals surface area (Å²) in [5.41, 5.74) is 2.25. The molecule has 0 radical (unpaired) electrons. The van der Waals surface area contributed by atoms with Crippen LogP contribution in [0.1, 0.15) is 31.2 Å². The third-order valence-electron chi connectivity index (χ3n) is 4.32. The maximum absolute atomic E-state index is 5.60. The van der Waals surface area contributed by atoms with Crippen LogP contribution < -0.4 is 5.32 Å². The maximum Gasteiger partial charge on any atom is 0.237 e. The number of anilines is 1. The lowest BCUT2D eigenvalue weighted by molar-refractivity contribution is 0.120. The van der Waals surface area contributed by atoms with Gasteiger partial charge in [-0.1, -0.05) is 59.4 Å². The molecule has 27 heavy (non-hydrogen) atoms. The average molecular weight is 404 g/mol. The monoisotopic (exact) mass is 403 g/mol. The van der Waals surface area contributed by atoms with Crippen molar-refractivity contribution in [3.8, 4) is 11.4 Å². The molecule has 1 N–H and O–H groups in total. The van der Waals surface area contributed by atoms with E-state index in [-0.39, 0.29) is 6.10 Å². The normalized spacial score (nSPS) is 16.7. The minimum absolute atomic E-state index is 0.285. The van der Waals surface area contributed by atoms with E-state index in [4.69, 9.17) is 9.26 Å². The minimum Gasteiger partial charge on any atom is -0.376 e. The molecule has 4 rings (SSSR count). The van der Waals surface area contributed by atoms with Crippen molar-refractivity contribution in [2.45, 2.75) is 42.4 Å². The van der Waals surface area contributed by atoms with Crippen LogP contribution in [0.5, 0.6) is 0 Å². The Bertz CT molecular complexity index is 859. The molecule has 0 saturated carbocycles. The largest absolute Gasteiger partial charge is 0.376 e. The zero-order valence-electron chi connectivity index (χ0n) is 15.1. The van der Waals surface area contributed by atoms with Gasteiger partial charge in [-0.15, -0.1) is 10.2 Å². The van der Waals surface area contributed by atoms with Gasteiger partial charge in [0.05, 0.1) is 11.9 Å². The van der Waals surface area contributed by atoms with Crippen LogP contribution in [0.2, 0.25) is 0 Å². The number of benzene rings is 1. The highest BCUT2D eigenvalue weighted by atomic mass is 32.2. The molecule has 9 heteroatoms. The van der Waals surface area contributed by atoms with E-state index < -0.39 is 0 Å². The second kappa shape index (κ2) is 8.81. The number of nitrogens with one attached hydrogen (secondary N) is 1. The quantitative estimate of drug-likeness (QED) is 0.564. The molecule has 2 aromatic heterocycles. The van der Waals surface area contributed by atoms with Gasteiger partial charge in [0.2, 0.25) is 16.8 Å². The molecule has 0 aliphatic carbocycles. The second-order valence-corrected chi connectivity index (χ2v) is 8.44. The molecule has 3 heterocycles. The van der Waals surface area contributed by atoms with Crippen molar-refractivity contribution in [2.75, 3.05) is 18.5 Å². The summed E-state index contributed by atoms with van der Waals surface area (Å²) in [6.45, 7) is 3.78. The van der Waals surface area contributed by atoms with Crippen LogP contribution in [0.4, 0.5) is 5.13 Å². The number of thioether (sulfide) groups is 1. The summed E-state index contributed by atoms with van der Waals surface area (Å²) in [5, 5.41) is 16.6. The van der Waals surface area contributed by atoms with E-state index in [1.165, 1.54) is 16.9 Å².